The molecule has 3 aromatic rings. The van der Waals surface area contributed by atoms with Crippen molar-refractivity contribution in [2.75, 3.05) is 6.61 Å². The van der Waals surface area contributed by atoms with Gasteiger partial charge in [-0.05, 0) is 23.8 Å². The number of aliphatic hydroxyl groups is 1. The Morgan fingerprint density at radius 2 is 1.70 bits per heavy atom. The Labute approximate surface area is 134 Å². The molecule has 2 N–H and O–H groups in total. The molecular formula is C18H17N3O2. The van der Waals surface area contributed by atoms with Gasteiger partial charge in [-0.15, -0.1) is 0 Å². The number of nitrogens with one attached hydrogen (secondary N) is 1. The minimum Gasteiger partial charge on any atom is -0.394 e. The van der Waals surface area contributed by atoms with Crippen LogP contribution in [-0.4, -0.2) is 27.4 Å². The van der Waals surface area contributed by atoms with Crippen LogP contribution in [0.1, 0.15) is 22.1 Å². The van der Waals surface area contributed by atoms with E-state index in [-0.39, 0.29) is 12.5 Å². The fourth-order valence-electron chi connectivity index (χ4n) is 2.32. The molecule has 0 radical (unpaired) electrons. The van der Waals surface area contributed by atoms with Crippen LogP contribution in [0.2, 0.25) is 0 Å². The van der Waals surface area contributed by atoms with Crippen molar-refractivity contribution in [1.82, 2.24) is 15.1 Å². The first kappa shape index (κ1) is 15.0. The Balaban J connectivity index is 1.75. The first-order valence-corrected chi connectivity index (χ1v) is 7.35. The first-order valence-electron chi connectivity index (χ1n) is 7.35. The van der Waals surface area contributed by atoms with Gasteiger partial charge >= 0.3 is 0 Å². The molecule has 0 spiro atoms. The van der Waals surface area contributed by atoms with E-state index in [1.807, 2.05) is 60.7 Å². The summed E-state index contributed by atoms with van der Waals surface area (Å²) < 4.78 is 1.64. The van der Waals surface area contributed by atoms with Crippen LogP contribution in [0.4, 0.5) is 0 Å². The predicted molar refractivity (Wildman–Crippen MR) is 87.3 cm³/mol. The van der Waals surface area contributed by atoms with Gasteiger partial charge in [-0.1, -0.05) is 48.5 Å². The fourth-order valence-corrected chi connectivity index (χ4v) is 2.32. The molecule has 1 atom stereocenters. The lowest BCUT2D eigenvalue weighted by Crippen LogP contribution is -2.31. The molecule has 1 heterocycles. The van der Waals surface area contributed by atoms with Crippen LogP contribution in [0.5, 0.6) is 0 Å². The maximum Gasteiger partial charge on any atom is 0.272 e. The smallest absolute Gasteiger partial charge is 0.272 e. The third-order valence-electron chi connectivity index (χ3n) is 3.53. The average Bonchev–Trinajstić information content (AvgIpc) is 3.11. The van der Waals surface area contributed by atoms with Crippen LogP contribution >= 0.6 is 0 Å². The lowest BCUT2D eigenvalue weighted by molar-refractivity contribution is 0.0910. The van der Waals surface area contributed by atoms with Crippen molar-refractivity contribution in [2.45, 2.75) is 6.04 Å². The summed E-state index contributed by atoms with van der Waals surface area (Å²) >= 11 is 0. The van der Waals surface area contributed by atoms with E-state index in [9.17, 15) is 9.90 Å². The number of carbonyl (C=O) groups is 1. The molecule has 0 fully saturated rings. The summed E-state index contributed by atoms with van der Waals surface area (Å²) in [5.74, 6) is -0.317. The molecule has 1 aromatic heterocycles. The zero-order chi connectivity index (χ0) is 16.1. The molecule has 5 nitrogen and oxygen atoms in total. The van der Waals surface area contributed by atoms with Crippen molar-refractivity contribution in [3.8, 4) is 5.69 Å². The summed E-state index contributed by atoms with van der Waals surface area (Å²) in [7, 11) is 0. The lowest BCUT2D eigenvalue weighted by Gasteiger charge is -2.15. The zero-order valence-corrected chi connectivity index (χ0v) is 12.5. The Morgan fingerprint density at radius 1 is 1.04 bits per heavy atom. The van der Waals surface area contributed by atoms with Gasteiger partial charge in [0, 0.05) is 6.20 Å². The average molecular weight is 307 g/mol. The maximum atomic E-state index is 12.3. The summed E-state index contributed by atoms with van der Waals surface area (Å²) in [4.78, 5) is 12.3. The molecule has 0 bridgehead atoms. The van der Waals surface area contributed by atoms with Gasteiger partial charge in [0.05, 0.1) is 18.3 Å². The highest BCUT2D eigenvalue weighted by atomic mass is 16.3. The van der Waals surface area contributed by atoms with Crippen molar-refractivity contribution in [1.29, 1.82) is 0 Å². The number of hydrogen-bond donors (Lipinski definition) is 2. The number of aliphatic hydroxyl groups excluding tert-OH is 1. The summed E-state index contributed by atoms with van der Waals surface area (Å²) in [5.41, 5.74) is 2.04. The highest BCUT2D eigenvalue weighted by molar-refractivity contribution is 5.92. The molecule has 0 saturated carbocycles. The summed E-state index contributed by atoms with van der Waals surface area (Å²) in [6, 6.07) is 20.1. The Kier molecular flexibility index (Phi) is 4.49. The van der Waals surface area contributed by atoms with E-state index >= 15 is 0 Å². The molecule has 0 aliphatic carbocycles. The molecule has 1 amide bonds. The van der Waals surface area contributed by atoms with Crippen molar-refractivity contribution >= 4 is 5.91 Å². The standard InChI is InChI=1S/C18H17N3O2/c22-13-17(14-7-3-1-4-8-14)19-18(23)16-11-12-21(20-16)15-9-5-2-6-10-15/h1-12,17,22H,13H2,(H,19,23)/t17-/m1/s1. The van der Waals surface area contributed by atoms with Gasteiger partial charge in [0.1, 0.15) is 0 Å². The second kappa shape index (κ2) is 6.89. The molecule has 0 unspecified atom stereocenters. The summed E-state index contributed by atoms with van der Waals surface area (Å²) in [6.07, 6.45) is 1.74. The zero-order valence-electron chi connectivity index (χ0n) is 12.5. The molecule has 0 aliphatic heterocycles. The Bertz CT molecular complexity index is 769. The summed E-state index contributed by atoms with van der Waals surface area (Å²) in [6.45, 7) is -0.171. The predicted octanol–water partition coefficient (Wildman–Crippen LogP) is 2.34. The van der Waals surface area contributed by atoms with E-state index in [0.29, 0.717) is 5.69 Å². The number of aromatic nitrogens is 2. The van der Waals surface area contributed by atoms with Crippen molar-refractivity contribution < 1.29 is 9.90 Å². The van der Waals surface area contributed by atoms with Crippen LogP contribution in [0.15, 0.2) is 72.9 Å². The van der Waals surface area contributed by atoms with Gasteiger partial charge in [-0.3, -0.25) is 4.79 Å². The van der Waals surface area contributed by atoms with Gasteiger partial charge in [-0.25, -0.2) is 4.68 Å². The second-order valence-corrected chi connectivity index (χ2v) is 5.10. The van der Waals surface area contributed by atoms with Crippen molar-refractivity contribution in [3.05, 3.63) is 84.2 Å². The number of rotatable bonds is 5. The van der Waals surface area contributed by atoms with Crippen molar-refractivity contribution in [3.63, 3.8) is 0 Å². The molecule has 3 rings (SSSR count). The quantitative estimate of drug-likeness (QED) is 0.760. The normalized spacial score (nSPS) is 11.9. The molecule has 116 valence electrons. The monoisotopic (exact) mass is 307 g/mol. The number of carbonyl (C=O) groups excluding carboxylic acids is 1. The van der Waals surface area contributed by atoms with Gasteiger partial charge in [0.2, 0.25) is 0 Å². The lowest BCUT2D eigenvalue weighted by atomic mass is 10.1. The fraction of sp³-hybridized carbons (Fsp3) is 0.111. The number of benzene rings is 2. The maximum absolute atomic E-state index is 12.3. The summed E-state index contributed by atoms with van der Waals surface area (Å²) in [5, 5.41) is 16.6. The first-order chi connectivity index (χ1) is 11.3. The third kappa shape index (κ3) is 3.46. The Hall–Kier alpha value is -2.92. The van der Waals surface area contributed by atoms with Gasteiger partial charge in [-0.2, -0.15) is 5.10 Å². The van der Waals surface area contributed by atoms with Gasteiger partial charge in [0.25, 0.3) is 5.91 Å². The number of para-hydroxylation sites is 1. The molecule has 0 saturated heterocycles. The number of amides is 1. The number of nitrogens with zero attached hydrogens (tertiary/aromatic N) is 2. The van der Waals surface area contributed by atoms with E-state index < -0.39 is 6.04 Å². The molecule has 23 heavy (non-hydrogen) atoms. The van der Waals surface area contributed by atoms with Crippen LogP contribution in [0.3, 0.4) is 0 Å². The highest BCUT2D eigenvalue weighted by Gasteiger charge is 2.16. The molecule has 5 heteroatoms. The van der Waals surface area contributed by atoms with E-state index in [2.05, 4.69) is 10.4 Å². The van der Waals surface area contributed by atoms with E-state index in [4.69, 9.17) is 0 Å². The van der Waals surface area contributed by atoms with Crippen LogP contribution in [0, 0.1) is 0 Å². The number of hydrogen-bond acceptors (Lipinski definition) is 3. The third-order valence-corrected chi connectivity index (χ3v) is 3.53. The Morgan fingerprint density at radius 3 is 2.35 bits per heavy atom. The molecule has 0 aliphatic rings. The van der Waals surface area contributed by atoms with Gasteiger partial charge < -0.3 is 10.4 Å². The highest BCUT2D eigenvalue weighted by Crippen LogP contribution is 2.13. The SMILES string of the molecule is O=C(N[C@H](CO)c1ccccc1)c1ccn(-c2ccccc2)n1. The van der Waals surface area contributed by atoms with E-state index in [1.165, 1.54) is 0 Å². The van der Waals surface area contributed by atoms with Crippen molar-refractivity contribution in [2.24, 2.45) is 0 Å². The van der Waals surface area contributed by atoms with E-state index in [0.717, 1.165) is 11.3 Å². The van der Waals surface area contributed by atoms with Crippen LogP contribution < -0.4 is 5.32 Å². The largest absolute Gasteiger partial charge is 0.394 e. The molecule has 2 aromatic carbocycles. The van der Waals surface area contributed by atoms with E-state index in [1.54, 1.807) is 16.9 Å². The van der Waals surface area contributed by atoms with Crippen LogP contribution in [-0.2, 0) is 0 Å². The second-order valence-electron chi connectivity index (χ2n) is 5.10. The van der Waals surface area contributed by atoms with Crippen LogP contribution in [0.25, 0.3) is 5.69 Å². The minimum absolute atomic E-state index is 0.171. The minimum atomic E-state index is -0.453. The topological polar surface area (TPSA) is 67.2 Å². The van der Waals surface area contributed by atoms with Gasteiger partial charge in [0.15, 0.2) is 5.69 Å². The molecular weight excluding hydrogens is 290 g/mol.